The second-order valence-corrected chi connectivity index (χ2v) is 7.60. The van der Waals surface area contributed by atoms with Crippen molar-refractivity contribution in [1.82, 2.24) is 15.3 Å². The van der Waals surface area contributed by atoms with Crippen LogP contribution in [0.3, 0.4) is 0 Å². The summed E-state index contributed by atoms with van der Waals surface area (Å²) in [5.41, 5.74) is 1.79. The summed E-state index contributed by atoms with van der Waals surface area (Å²) in [6.45, 7) is 1.93. The van der Waals surface area contributed by atoms with Gasteiger partial charge in [0.2, 0.25) is 5.91 Å². The third-order valence-electron chi connectivity index (χ3n) is 5.49. The number of ether oxygens (including phenoxy) is 1. The number of amides is 1. The van der Waals surface area contributed by atoms with Gasteiger partial charge in [-0.1, -0.05) is 12.1 Å². The third kappa shape index (κ3) is 5.17. The maximum Gasteiger partial charge on any atom is 0.225 e. The van der Waals surface area contributed by atoms with E-state index >= 15 is 0 Å². The van der Waals surface area contributed by atoms with Crippen molar-refractivity contribution in [2.45, 2.75) is 19.4 Å². The molecule has 160 valence electrons. The maximum absolute atomic E-state index is 13.2. The highest BCUT2D eigenvalue weighted by molar-refractivity contribution is 5.79. The molecule has 2 heterocycles. The third-order valence-corrected chi connectivity index (χ3v) is 5.49. The molecule has 1 aromatic heterocycles. The van der Waals surface area contributed by atoms with E-state index in [2.05, 4.69) is 20.2 Å². The lowest BCUT2D eigenvalue weighted by atomic mass is 9.97. The van der Waals surface area contributed by atoms with E-state index in [9.17, 15) is 9.18 Å². The summed E-state index contributed by atoms with van der Waals surface area (Å²) in [6, 6.07) is 15.7. The summed E-state index contributed by atoms with van der Waals surface area (Å²) in [5.74, 6) is 1.78. The molecule has 1 unspecified atom stereocenters. The standard InChI is InChI=1S/C24H25FN4O2/c1-31-21-10-4-17(5-11-21)15-27-24(30)19-3-2-14-29(16-19)22-12-13-26-23(28-22)18-6-8-20(25)9-7-18/h4-13,19H,2-3,14-16H2,1H3,(H,27,30). The molecule has 2 aromatic carbocycles. The molecule has 31 heavy (non-hydrogen) atoms. The first kappa shape index (κ1) is 20.8. The number of hydrogen-bond acceptors (Lipinski definition) is 5. The quantitative estimate of drug-likeness (QED) is 0.657. The van der Waals surface area contributed by atoms with Crippen molar-refractivity contribution in [2.24, 2.45) is 5.92 Å². The molecule has 1 N–H and O–H groups in total. The number of benzene rings is 2. The molecular weight excluding hydrogens is 395 g/mol. The molecule has 0 radical (unpaired) electrons. The number of piperidine rings is 1. The lowest BCUT2D eigenvalue weighted by Gasteiger charge is -2.33. The van der Waals surface area contributed by atoms with Gasteiger partial charge in [-0.25, -0.2) is 14.4 Å². The van der Waals surface area contributed by atoms with Crippen LogP contribution in [0, 0.1) is 11.7 Å². The first-order valence-corrected chi connectivity index (χ1v) is 10.4. The lowest BCUT2D eigenvalue weighted by Crippen LogP contribution is -2.43. The summed E-state index contributed by atoms with van der Waals surface area (Å²) >= 11 is 0. The minimum atomic E-state index is -0.292. The van der Waals surface area contributed by atoms with Crippen LogP contribution in [0.4, 0.5) is 10.2 Å². The van der Waals surface area contributed by atoms with Crippen molar-refractivity contribution >= 4 is 11.7 Å². The summed E-state index contributed by atoms with van der Waals surface area (Å²) < 4.78 is 18.4. The Balaban J connectivity index is 1.39. The van der Waals surface area contributed by atoms with Crippen molar-refractivity contribution in [2.75, 3.05) is 25.1 Å². The number of rotatable bonds is 6. The fourth-order valence-corrected chi connectivity index (χ4v) is 3.74. The fourth-order valence-electron chi connectivity index (χ4n) is 3.74. The van der Waals surface area contributed by atoms with Gasteiger partial charge >= 0.3 is 0 Å². The van der Waals surface area contributed by atoms with Gasteiger partial charge in [0.05, 0.1) is 13.0 Å². The van der Waals surface area contributed by atoms with E-state index in [1.807, 2.05) is 30.3 Å². The van der Waals surface area contributed by atoms with Crippen LogP contribution in [0.15, 0.2) is 60.8 Å². The van der Waals surface area contributed by atoms with Crippen molar-refractivity contribution in [3.05, 3.63) is 72.2 Å². The smallest absolute Gasteiger partial charge is 0.225 e. The number of aromatic nitrogens is 2. The summed E-state index contributed by atoms with van der Waals surface area (Å²) in [4.78, 5) is 23.8. The molecule has 0 bridgehead atoms. The van der Waals surface area contributed by atoms with E-state index < -0.39 is 0 Å². The predicted molar refractivity (Wildman–Crippen MR) is 117 cm³/mol. The van der Waals surface area contributed by atoms with Gasteiger partial charge < -0.3 is 15.0 Å². The Hall–Kier alpha value is -3.48. The number of halogens is 1. The number of hydrogen-bond donors (Lipinski definition) is 1. The van der Waals surface area contributed by atoms with Crippen LogP contribution < -0.4 is 15.0 Å². The molecule has 0 saturated carbocycles. The number of carbonyl (C=O) groups excluding carboxylic acids is 1. The Kier molecular flexibility index (Phi) is 6.40. The number of nitrogens with one attached hydrogen (secondary N) is 1. The van der Waals surface area contributed by atoms with Crippen molar-refractivity contribution in [3.8, 4) is 17.1 Å². The number of carbonyl (C=O) groups is 1. The van der Waals surface area contributed by atoms with Crippen molar-refractivity contribution in [3.63, 3.8) is 0 Å². The zero-order valence-electron chi connectivity index (χ0n) is 17.4. The van der Waals surface area contributed by atoms with E-state index in [0.29, 0.717) is 18.9 Å². The van der Waals surface area contributed by atoms with Crippen LogP contribution in [0.5, 0.6) is 5.75 Å². The van der Waals surface area contributed by atoms with Crippen molar-refractivity contribution in [1.29, 1.82) is 0 Å². The Morgan fingerprint density at radius 2 is 1.94 bits per heavy atom. The Morgan fingerprint density at radius 3 is 2.68 bits per heavy atom. The normalized spacial score (nSPS) is 16.1. The summed E-state index contributed by atoms with van der Waals surface area (Å²) in [6.07, 6.45) is 3.46. The maximum atomic E-state index is 13.2. The van der Waals surface area contributed by atoms with E-state index in [4.69, 9.17) is 4.74 Å². The van der Waals surface area contributed by atoms with Gasteiger partial charge in [0, 0.05) is 31.4 Å². The largest absolute Gasteiger partial charge is 0.497 e. The zero-order chi connectivity index (χ0) is 21.6. The predicted octanol–water partition coefficient (Wildman–Crippen LogP) is 3.82. The average Bonchev–Trinajstić information content (AvgIpc) is 2.83. The fraction of sp³-hybridized carbons (Fsp3) is 0.292. The molecule has 1 aliphatic heterocycles. The second kappa shape index (κ2) is 9.55. The van der Waals surface area contributed by atoms with E-state index in [1.54, 1.807) is 25.4 Å². The highest BCUT2D eigenvalue weighted by Crippen LogP contribution is 2.24. The molecule has 1 amide bonds. The first-order valence-electron chi connectivity index (χ1n) is 10.4. The molecule has 4 rings (SSSR count). The number of anilines is 1. The van der Waals surface area contributed by atoms with Gasteiger partial charge in [-0.05, 0) is 60.9 Å². The average molecular weight is 420 g/mol. The van der Waals surface area contributed by atoms with E-state index in [0.717, 1.165) is 42.1 Å². The topological polar surface area (TPSA) is 67.3 Å². The molecule has 0 spiro atoms. The Morgan fingerprint density at radius 1 is 1.16 bits per heavy atom. The number of nitrogens with zero attached hydrogens (tertiary/aromatic N) is 3. The minimum Gasteiger partial charge on any atom is -0.497 e. The molecule has 7 heteroatoms. The van der Waals surface area contributed by atoms with Gasteiger partial charge in [-0.15, -0.1) is 0 Å². The molecule has 0 aliphatic carbocycles. The molecule has 3 aromatic rings. The van der Waals surface area contributed by atoms with Crippen LogP contribution in [0.2, 0.25) is 0 Å². The van der Waals surface area contributed by atoms with Gasteiger partial charge in [-0.3, -0.25) is 4.79 Å². The monoisotopic (exact) mass is 420 g/mol. The highest BCUT2D eigenvalue weighted by Gasteiger charge is 2.26. The highest BCUT2D eigenvalue weighted by atomic mass is 19.1. The Labute approximate surface area is 181 Å². The molecular formula is C24H25FN4O2. The number of methoxy groups -OCH3 is 1. The van der Waals surface area contributed by atoms with Crippen LogP contribution in [-0.4, -0.2) is 36.1 Å². The van der Waals surface area contributed by atoms with E-state index in [-0.39, 0.29) is 17.6 Å². The first-order chi connectivity index (χ1) is 15.1. The molecule has 1 saturated heterocycles. The molecule has 6 nitrogen and oxygen atoms in total. The van der Waals surface area contributed by atoms with Crippen LogP contribution in [0.25, 0.3) is 11.4 Å². The minimum absolute atomic E-state index is 0.0494. The van der Waals surface area contributed by atoms with Crippen LogP contribution in [0.1, 0.15) is 18.4 Å². The van der Waals surface area contributed by atoms with Crippen molar-refractivity contribution < 1.29 is 13.9 Å². The molecule has 1 atom stereocenters. The van der Waals surface area contributed by atoms with Gasteiger partial charge in [0.15, 0.2) is 5.82 Å². The zero-order valence-corrected chi connectivity index (χ0v) is 17.4. The summed E-state index contributed by atoms with van der Waals surface area (Å²) in [5, 5.41) is 3.05. The van der Waals surface area contributed by atoms with E-state index in [1.165, 1.54) is 12.1 Å². The van der Waals surface area contributed by atoms with Gasteiger partial charge in [0.25, 0.3) is 0 Å². The molecule has 1 aliphatic rings. The lowest BCUT2D eigenvalue weighted by molar-refractivity contribution is -0.125. The van der Waals surface area contributed by atoms with Crippen LogP contribution in [-0.2, 0) is 11.3 Å². The SMILES string of the molecule is COc1ccc(CNC(=O)C2CCCN(c3ccnc(-c4ccc(F)cc4)n3)C2)cc1. The van der Waals surface area contributed by atoms with Crippen LogP contribution >= 0.6 is 0 Å². The summed E-state index contributed by atoms with van der Waals surface area (Å²) in [7, 11) is 1.63. The van der Waals surface area contributed by atoms with Gasteiger partial charge in [0.1, 0.15) is 17.4 Å². The Bertz CT molecular complexity index is 1020. The second-order valence-electron chi connectivity index (χ2n) is 7.60. The molecule has 1 fully saturated rings. The van der Waals surface area contributed by atoms with Gasteiger partial charge in [-0.2, -0.15) is 0 Å².